The molecule has 0 saturated heterocycles. The number of thiophene rings is 2. The largest absolute Gasteiger partial charge is 0.308 e. The average Bonchev–Trinajstić information content (AvgIpc) is 3.81. The number of nitrogens with zero attached hydrogens (tertiary/aromatic N) is 1. The fourth-order valence-electron chi connectivity index (χ4n) is 7.29. The Kier molecular flexibility index (Phi) is 5.98. The molecule has 0 bridgehead atoms. The van der Waals surface area contributed by atoms with Crippen molar-refractivity contribution in [2.75, 3.05) is 0 Å². The van der Waals surface area contributed by atoms with Crippen LogP contribution in [0.2, 0.25) is 0 Å². The van der Waals surface area contributed by atoms with Crippen molar-refractivity contribution in [2.24, 2.45) is 0 Å². The van der Waals surface area contributed by atoms with Crippen LogP contribution < -0.4 is 0 Å². The van der Waals surface area contributed by atoms with Crippen LogP contribution in [0, 0.1) is 0 Å². The Hall–Kier alpha value is -5.48. The molecule has 10 aromatic rings. The van der Waals surface area contributed by atoms with Gasteiger partial charge in [0, 0.05) is 41.3 Å². The fraction of sp³-hybridized carbons (Fsp3) is 0. The monoisotopic (exact) mass is 633 g/mol. The lowest BCUT2D eigenvalue weighted by Crippen LogP contribution is -1.92. The molecule has 0 aliphatic rings. The molecule has 10 rings (SSSR count). The van der Waals surface area contributed by atoms with Gasteiger partial charge < -0.3 is 4.57 Å². The number of hydrogen-bond acceptors (Lipinski definition) is 2. The molecule has 0 spiro atoms. The van der Waals surface area contributed by atoms with Gasteiger partial charge in [-0.15, -0.1) is 22.7 Å². The lowest BCUT2D eigenvalue weighted by atomic mass is 9.95. The zero-order valence-electron chi connectivity index (χ0n) is 25.4. The molecule has 0 atom stereocenters. The quantitative estimate of drug-likeness (QED) is 0.182. The van der Waals surface area contributed by atoms with Crippen LogP contribution in [-0.2, 0) is 0 Å². The van der Waals surface area contributed by atoms with E-state index in [4.69, 9.17) is 0 Å². The minimum absolute atomic E-state index is 1.20. The molecule has 0 N–H and O–H groups in total. The number of benzene rings is 7. The standard InChI is InChI=1S/C44H27NS2/c1-3-12-28(13-4-1)34-20-10-21-37-41-33(19-11-23-39(41)46-43(34)37)31-15-9-14-29(26-31)30-24-25-36-40(27-30)47-44-35-18-7-8-22-38(35)45(42(36)44)32-16-5-2-6-17-32/h1-27H. The van der Waals surface area contributed by atoms with Crippen molar-refractivity contribution in [3.63, 3.8) is 0 Å². The first-order valence-corrected chi connectivity index (χ1v) is 17.6. The zero-order valence-corrected chi connectivity index (χ0v) is 27.0. The predicted molar refractivity (Wildman–Crippen MR) is 205 cm³/mol. The van der Waals surface area contributed by atoms with Gasteiger partial charge in [-0.1, -0.05) is 127 Å². The van der Waals surface area contributed by atoms with E-state index in [9.17, 15) is 0 Å². The Labute approximate surface area is 280 Å². The van der Waals surface area contributed by atoms with E-state index < -0.39 is 0 Å². The van der Waals surface area contributed by atoms with Crippen molar-refractivity contribution in [1.82, 2.24) is 4.57 Å². The van der Waals surface area contributed by atoms with E-state index in [2.05, 4.69) is 168 Å². The van der Waals surface area contributed by atoms with Crippen molar-refractivity contribution >= 4 is 74.1 Å². The zero-order chi connectivity index (χ0) is 30.9. The summed E-state index contributed by atoms with van der Waals surface area (Å²) < 4.78 is 7.76. The van der Waals surface area contributed by atoms with Crippen LogP contribution in [0.3, 0.4) is 0 Å². The molecule has 3 heterocycles. The highest BCUT2D eigenvalue weighted by molar-refractivity contribution is 7.27. The van der Waals surface area contributed by atoms with Crippen LogP contribution in [0.25, 0.3) is 90.4 Å². The molecular weight excluding hydrogens is 607 g/mol. The third-order valence-corrected chi connectivity index (χ3v) is 11.8. The van der Waals surface area contributed by atoms with E-state index >= 15 is 0 Å². The first-order valence-electron chi connectivity index (χ1n) is 15.9. The van der Waals surface area contributed by atoms with Crippen LogP contribution in [0.1, 0.15) is 0 Å². The summed E-state index contributed by atoms with van der Waals surface area (Å²) in [6.45, 7) is 0. The van der Waals surface area contributed by atoms with Gasteiger partial charge >= 0.3 is 0 Å². The molecule has 3 aromatic heterocycles. The summed E-state index contributed by atoms with van der Waals surface area (Å²) in [6.07, 6.45) is 0. The van der Waals surface area contributed by atoms with Gasteiger partial charge in [0.25, 0.3) is 0 Å². The van der Waals surface area contributed by atoms with E-state index in [0.29, 0.717) is 0 Å². The first-order chi connectivity index (χ1) is 23.3. The van der Waals surface area contributed by atoms with Crippen molar-refractivity contribution in [1.29, 1.82) is 0 Å². The highest BCUT2D eigenvalue weighted by Gasteiger charge is 2.19. The van der Waals surface area contributed by atoms with Crippen LogP contribution in [0.15, 0.2) is 164 Å². The Balaban J connectivity index is 1.12. The van der Waals surface area contributed by atoms with Gasteiger partial charge in [0.05, 0.1) is 15.7 Å². The molecule has 1 nitrogen and oxygen atoms in total. The highest BCUT2D eigenvalue weighted by Crippen LogP contribution is 2.46. The summed E-state index contributed by atoms with van der Waals surface area (Å²) in [5, 5.41) is 5.27. The van der Waals surface area contributed by atoms with E-state index in [0.717, 1.165) is 0 Å². The van der Waals surface area contributed by atoms with Crippen LogP contribution >= 0.6 is 22.7 Å². The number of para-hydroxylation sites is 2. The van der Waals surface area contributed by atoms with E-state index in [-0.39, 0.29) is 0 Å². The molecule has 220 valence electrons. The summed E-state index contributed by atoms with van der Waals surface area (Å²) in [4.78, 5) is 0. The topological polar surface area (TPSA) is 4.93 Å². The number of fused-ring (bicyclic) bond motifs is 8. The fourth-order valence-corrected chi connectivity index (χ4v) is 9.82. The number of hydrogen-bond donors (Lipinski definition) is 0. The minimum atomic E-state index is 1.20. The maximum atomic E-state index is 2.43. The smallest absolute Gasteiger partial charge is 0.0727 e. The van der Waals surface area contributed by atoms with Gasteiger partial charge in [-0.2, -0.15) is 0 Å². The van der Waals surface area contributed by atoms with Gasteiger partial charge in [0.1, 0.15) is 0 Å². The van der Waals surface area contributed by atoms with Gasteiger partial charge in [-0.3, -0.25) is 0 Å². The summed E-state index contributed by atoms with van der Waals surface area (Å²) >= 11 is 3.80. The second-order valence-corrected chi connectivity index (χ2v) is 14.2. The van der Waals surface area contributed by atoms with Crippen LogP contribution in [0.4, 0.5) is 0 Å². The molecule has 0 unspecified atom stereocenters. The molecule has 0 saturated carbocycles. The normalized spacial score (nSPS) is 11.8. The molecular formula is C44H27NS2. The van der Waals surface area contributed by atoms with Gasteiger partial charge in [-0.25, -0.2) is 0 Å². The van der Waals surface area contributed by atoms with Gasteiger partial charge in [-0.05, 0) is 69.8 Å². The van der Waals surface area contributed by atoms with Crippen LogP contribution in [-0.4, -0.2) is 4.57 Å². The first kappa shape index (κ1) is 26.7. The third-order valence-electron chi connectivity index (χ3n) is 9.41. The molecule has 47 heavy (non-hydrogen) atoms. The molecule has 0 amide bonds. The second-order valence-electron chi connectivity index (χ2n) is 12.1. The molecule has 0 radical (unpaired) electrons. The Bertz CT molecular complexity index is 2780. The summed E-state index contributed by atoms with van der Waals surface area (Å²) in [5.41, 5.74) is 11.3. The third kappa shape index (κ3) is 4.14. The van der Waals surface area contributed by atoms with Gasteiger partial charge in [0.15, 0.2) is 0 Å². The lowest BCUT2D eigenvalue weighted by molar-refractivity contribution is 1.19. The Morgan fingerprint density at radius 3 is 1.94 bits per heavy atom. The highest BCUT2D eigenvalue weighted by atomic mass is 32.1. The lowest BCUT2D eigenvalue weighted by Gasteiger charge is -2.10. The average molecular weight is 634 g/mol. The summed E-state index contributed by atoms with van der Waals surface area (Å²) in [6, 6.07) is 59.9. The Morgan fingerprint density at radius 1 is 0.383 bits per heavy atom. The molecule has 0 aliphatic heterocycles. The van der Waals surface area contributed by atoms with Gasteiger partial charge in [0.2, 0.25) is 0 Å². The number of rotatable bonds is 4. The molecule has 7 aromatic carbocycles. The summed E-state index contributed by atoms with van der Waals surface area (Å²) in [7, 11) is 0. The second kappa shape index (κ2) is 10.5. The maximum Gasteiger partial charge on any atom is 0.0727 e. The van der Waals surface area contributed by atoms with E-state index in [1.165, 1.54) is 90.4 Å². The van der Waals surface area contributed by atoms with Crippen LogP contribution in [0.5, 0.6) is 0 Å². The SMILES string of the molecule is c1ccc(-c2cccc3c2sc2cccc(-c4cccc(-c5ccc6c(c5)sc5c7ccccc7n(-c7ccccc7)c65)c4)c23)cc1. The molecule has 0 fully saturated rings. The van der Waals surface area contributed by atoms with Crippen molar-refractivity contribution in [3.05, 3.63) is 164 Å². The predicted octanol–water partition coefficient (Wildman–Crippen LogP) is 13.4. The Morgan fingerprint density at radius 2 is 1.04 bits per heavy atom. The van der Waals surface area contributed by atoms with Crippen molar-refractivity contribution < 1.29 is 0 Å². The minimum Gasteiger partial charge on any atom is -0.308 e. The van der Waals surface area contributed by atoms with Crippen molar-refractivity contribution in [3.8, 4) is 39.1 Å². The van der Waals surface area contributed by atoms with E-state index in [1.807, 2.05) is 22.7 Å². The van der Waals surface area contributed by atoms with E-state index in [1.54, 1.807) is 0 Å². The molecule has 0 aliphatic carbocycles. The summed E-state index contributed by atoms with van der Waals surface area (Å²) in [5.74, 6) is 0. The van der Waals surface area contributed by atoms with Crippen molar-refractivity contribution in [2.45, 2.75) is 0 Å². The number of aromatic nitrogens is 1. The maximum absolute atomic E-state index is 2.43. The molecule has 3 heteroatoms.